The largest absolute Gasteiger partial charge is 0.371 e. The van der Waals surface area contributed by atoms with Crippen LogP contribution in [0.5, 0.6) is 0 Å². The molecule has 1 aliphatic heterocycles. The standard InChI is InChI=1S/C30H33N9O3/c1-3-22(34-27-21(17-31)18(2)33-30(32)36-27)28-35-23-10-7-11-24(38-14-12-19(13-15-38)16-25(40)37-42)26(23)29(41)39(28)20-8-5-4-6-9-20/h4-11,19,22,42H,3,12-16H2,1-2H3,(H,37,40)(H3,32,33,34,36)/t22-/m0/s1. The SMILES string of the molecule is CC[C@H](Nc1nc(N)nc(C)c1C#N)c1nc2cccc(N3CCC(CC(=O)NO)CC3)c2c(=O)n1-c1ccccc1. The van der Waals surface area contributed by atoms with E-state index in [4.69, 9.17) is 15.9 Å². The van der Waals surface area contributed by atoms with Crippen molar-refractivity contribution in [2.24, 2.45) is 5.92 Å². The van der Waals surface area contributed by atoms with Crippen molar-refractivity contribution in [3.63, 3.8) is 0 Å². The maximum absolute atomic E-state index is 14.5. The average Bonchev–Trinajstić information content (AvgIpc) is 3.00. The Morgan fingerprint density at radius 2 is 1.88 bits per heavy atom. The number of hydrogen-bond acceptors (Lipinski definition) is 10. The van der Waals surface area contributed by atoms with Crippen molar-refractivity contribution in [3.05, 3.63) is 76.0 Å². The molecule has 1 saturated heterocycles. The van der Waals surface area contributed by atoms with Gasteiger partial charge in [-0.25, -0.2) is 15.4 Å². The zero-order chi connectivity index (χ0) is 29.8. The molecule has 12 heteroatoms. The summed E-state index contributed by atoms with van der Waals surface area (Å²) in [6.45, 7) is 4.99. The van der Waals surface area contributed by atoms with Crippen LogP contribution in [0.15, 0.2) is 53.3 Å². The number of nitrogen functional groups attached to an aromatic ring is 1. The van der Waals surface area contributed by atoms with Crippen LogP contribution in [0.25, 0.3) is 16.6 Å². The van der Waals surface area contributed by atoms with Crippen LogP contribution >= 0.6 is 0 Å². The summed E-state index contributed by atoms with van der Waals surface area (Å²) in [4.78, 5) is 41.7. The summed E-state index contributed by atoms with van der Waals surface area (Å²) in [7, 11) is 0. The Labute approximate surface area is 242 Å². The topological polar surface area (TPSA) is 175 Å². The Bertz CT molecular complexity index is 1710. The lowest BCUT2D eigenvalue weighted by atomic mass is 9.93. The number of fused-ring (bicyclic) bond motifs is 1. The van der Waals surface area contributed by atoms with Crippen LogP contribution in [0.2, 0.25) is 0 Å². The molecule has 5 rings (SSSR count). The maximum atomic E-state index is 14.5. The van der Waals surface area contributed by atoms with E-state index in [1.54, 1.807) is 17.0 Å². The lowest BCUT2D eigenvalue weighted by Crippen LogP contribution is -2.37. The fourth-order valence-corrected chi connectivity index (χ4v) is 5.59. The molecule has 1 atom stereocenters. The van der Waals surface area contributed by atoms with Crippen LogP contribution in [-0.4, -0.2) is 43.7 Å². The zero-order valence-electron chi connectivity index (χ0n) is 23.5. The summed E-state index contributed by atoms with van der Waals surface area (Å²) >= 11 is 0. The first-order chi connectivity index (χ1) is 20.3. The monoisotopic (exact) mass is 567 g/mol. The van der Waals surface area contributed by atoms with Gasteiger partial charge in [-0.1, -0.05) is 31.2 Å². The molecule has 4 aromatic rings. The summed E-state index contributed by atoms with van der Waals surface area (Å²) in [6.07, 6.45) is 2.31. The number of nitriles is 1. The fourth-order valence-electron chi connectivity index (χ4n) is 5.59. The van der Waals surface area contributed by atoms with E-state index in [1.165, 1.54) is 0 Å². The number of carbonyl (C=O) groups is 1. The van der Waals surface area contributed by atoms with Gasteiger partial charge in [-0.05, 0) is 56.4 Å². The molecule has 42 heavy (non-hydrogen) atoms. The van der Waals surface area contributed by atoms with Gasteiger partial charge >= 0.3 is 0 Å². The first-order valence-corrected chi connectivity index (χ1v) is 13.9. The van der Waals surface area contributed by atoms with Crippen LogP contribution in [0.4, 0.5) is 17.5 Å². The van der Waals surface area contributed by atoms with Crippen molar-refractivity contribution in [3.8, 4) is 11.8 Å². The number of aromatic nitrogens is 4. The van der Waals surface area contributed by atoms with E-state index in [9.17, 15) is 14.9 Å². The quantitative estimate of drug-likeness (QED) is 0.182. The molecule has 1 fully saturated rings. The highest BCUT2D eigenvalue weighted by atomic mass is 16.5. The number of amides is 1. The van der Waals surface area contributed by atoms with Crippen LogP contribution in [0.1, 0.15) is 55.7 Å². The number of carbonyl (C=O) groups excluding carboxylic acids is 1. The van der Waals surface area contributed by atoms with Gasteiger partial charge < -0.3 is 16.0 Å². The molecule has 0 aliphatic carbocycles. The minimum absolute atomic E-state index is 0.0428. The number of aryl methyl sites for hydroxylation is 1. The molecule has 5 N–H and O–H groups in total. The first-order valence-electron chi connectivity index (χ1n) is 13.9. The van der Waals surface area contributed by atoms with E-state index >= 15 is 0 Å². The average molecular weight is 568 g/mol. The number of para-hydroxylation sites is 1. The minimum atomic E-state index is -0.486. The summed E-state index contributed by atoms with van der Waals surface area (Å²) in [5.41, 5.74) is 10.2. The van der Waals surface area contributed by atoms with Crippen LogP contribution in [0, 0.1) is 24.2 Å². The highest BCUT2D eigenvalue weighted by molar-refractivity contribution is 5.91. The lowest BCUT2D eigenvalue weighted by Gasteiger charge is -2.34. The van der Waals surface area contributed by atoms with E-state index < -0.39 is 6.04 Å². The molecule has 2 aromatic carbocycles. The third-order valence-electron chi connectivity index (χ3n) is 7.72. The summed E-state index contributed by atoms with van der Waals surface area (Å²) in [6, 6.07) is 16.7. The number of anilines is 3. The first kappa shape index (κ1) is 28.5. The number of benzene rings is 2. The molecule has 0 bridgehead atoms. The number of nitrogens with zero attached hydrogens (tertiary/aromatic N) is 6. The van der Waals surface area contributed by atoms with E-state index in [2.05, 4.69) is 26.3 Å². The van der Waals surface area contributed by atoms with Crippen LogP contribution in [-0.2, 0) is 4.79 Å². The Kier molecular flexibility index (Phi) is 8.31. The van der Waals surface area contributed by atoms with Crippen molar-refractivity contribution in [1.82, 2.24) is 25.0 Å². The van der Waals surface area contributed by atoms with Gasteiger partial charge in [0.15, 0.2) is 0 Å². The van der Waals surface area contributed by atoms with E-state index in [0.29, 0.717) is 47.6 Å². The molecule has 2 aromatic heterocycles. The third kappa shape index (κ3) is 5.59. The van der Waals surface area contributed by atoms with Crippen LogP contribution < -0.4 is 27.0 Å². The van der Waals surface area contributed by atoms with E-state index in [1.807, 2.05) is 55.5 Å². The van der Waals surface area contributed by atoms with E-state index in [0.717, 1.165) is 18.5 Å². The smallest absolute Gasteiger partial charge is 0.268 e. The van der Waals surface area contributed by atoms with Gasteiger partial charge in [0.25, 0.3) is 5.56 Å². The predicted molar refractivity (Wildman–Crippen MR) is 159 cm³/mol. The Morgan fingerprint density at radius 3 is 2.55 bits per heavy atom. The Hall–Kier alpha value is -5.02. The second kappa shape index (κ2) is 12.2. The molecule has 0 radical (unpaired) electrons. The molecular weight excluding hydrogens is 534 g/mol. The van der Waals surface area contributed by atoms with Gasteiger partial charge in [0, 0.05) is 19.5 Å². The van der Waals surface area contributed by atoms with Gasteiger partial charge in [0.2, 0.25) is 11.9 Å². The molecule has 1 aliphatic rings. The summed E-state index contributed by atoms with van der Waals surface area (Å²) in [5, 5.41) is 22.5. The molecular formula is C30H33N9O3. The predicted octanol–water partition coefficient (Wildman–Crippen LogP) is 3.61. The second-order valence-electron chi connectivity index (χ2n) is 10.4. The molecule has 216 valence electrons. The van der Waals surface area contributed by atoms with Crippen molar-refractivity contribution in [2.45, 2.75) is 45.6 Å². The molecule has 0 spiro atoms. The number of nitrogens with two attached hydrogens (primary N) is 1. The van der Waals surface area contributed by atoms with Crippen molar-refractivity contribution < 1.29 is 10.0 Å². The normalized spacial score (nSPS) is 14.4. The highest BCUT2D eigenvalue weighted by Gasteiger charge is 2.27. The lowest BCUT2D eigenvalue weighted by molar-refractivity contribution is -0.130. The fraction of sp³-hybridized carbons (Fsp3) is 0.333. The number of hydrogen-bond donors (Lipinski definition) is 4. The van der Waals surface area contributed by atoms with Crippen LogP contribution in [0.3, 0.4) is 0 Å². The third-order valence-corrected chi connectivity index (χ3v) is 7.72. The summed E-state index contributed by atoms with van der Waals surface area (Å²) < 4.78 is 1.62. The van der Waals surface area contributed by atoms with Crippen molar-refractivity contribution in [1.29, 1.82) is 5.26 Å². The number of rotatable bonds is 8. The van der Waals surface area contributed by atoms with Gasteiger partial charge in [-0.3, -0.25) is 19.4 Å². The van der Waals surface area contributed by atoms with Gasteiger partial charge in [0.05, 0.1) is 34.0 Å². The second-order valence-corrected chi connectivity index (χ2v) is 10.4. The Balaban J connectivity index is 1.61. The van der Waals surface area contributed by atoms with Gasteiger partial charge in [-0.2, -0.15) is 10.2 Å². The minimum Gasteiger partial charge on any atom is -0.371 e. The number of nitrogens with one attached hydrogen (secondary N) is 2. The Morgan fingerprint density at radius 1 is 1.14 bits per heavy atom. The molecule has 1 amide bonds. The molecule has 0 saturated carbocycles. The number of hydroxylamine groups is 1. The van der Waals surface area contributed by atoms with Gasteiger partial charge in [-0.15, -0.1) is 0 Å². The molecule has 3 heterocycles. The molecule has 0 unspecified atom stereocenters. The molecule has 12 nitrogen and oxygen atoms in total. The van der Waals surface area contributed by atoms with Crippen molar-refractivity contribution >= 4 is 34.3 Å². The summed E-state index contributed by atoms with van der Waals surface area (Å²) in [5.74, 6) is 0.576. The highest BCUT2D eigenvalue weighted by Crippen LogP contribution is 2.31. The maximum Gasteiger partial charge on any atom is 0.268 e. The van der Waals surface area contributed by atoms with Gasteiger partial charge in [0.1, 0.15) is 23.3 Å². The van der Waals surface area contributed by atoms with E-state index in [-0.39, 0.29) is 41.1 Å². The number of piperidine rings is 1. The zero-order valence-corrected chi connectivity index (χ0v) is 23.5. The van der Waals surface area contributed by atoms with Crippen molar-refractivity contribution in [2.75, 3.05) is 29.0 Å².